The Balaban J connectivity index is 2.73. The molecule has 110 valence electrons. The smallest absolute Gasteiger partial charge is 0.245 e. The largest absolute Gasteiger partial charge is 0.320 e. The van der Waals surface area contributed by atoms with E-state index in [1.165, 1.54) is 10.5 Å². The molecule has 7 heteroatoms. The van der Waals surface area contributed by atoms with E-state index in [2.05, 4.69) is 10.4 Å². The van der Waals surface area contributed by atoms with E-state index in [-0.39, 0.29) is 4.90 Å². The summed E-state index contributed by atoms with van der Waals surface area (Å²) in [6.45, 7) is 6.09. The van der Waals surface area contributed by atoms with Crippen LogP contribution < -0.4 is 5.32 Å². The minimum absolute atomic E-state index is 0.264. The number of rotatable bonds is 8. The van der Waals surface area contributed by atoms with Gasteiger partial charge in [-0.3, -0.25) is 4.68 Å². The molecule has 0 atom stereocenters. The summed E-state index contributed by atoms with van der Waals surface area (Å²) < 4.78 is 27.6. The average molecular weight is 288 g/mol. The third-order valence-electron chi connectivity index (χ3n) is 2.75. The van der Waals surface area contributed by atoms with Crippen LogP contribution in [-0.2, 0) is 16.6 Å². The van der Waals surface area contributed by atoms with Gasteiger partial charge < -0.3 is 5.32 Å². The van der Waals surface area contributed by atoms with Crippen molar-refractivity contribution in [1.29, 1.82) is 0 Å². The van der Waals surface area contributed by atoms with Crippen molar-refractivity contribution in [2.45, 2.75) is 31.7 Å². The van der Waals surface area contributed by atoms with Crippen molar-refractivity contribution in [3.63, 3.8) is 0 Å². The maximum absolute atomic E-state index is 12.3. The van der Waals surface area contributed by atoms with Crippen LogP contribution in [0.1, 0.15) is 20.3 Å². The Morgan fingerprint density at radius 2 is 2.16 bits per heavy atom. The van der Waals surface area contributed by atoms with Crippen LogP contribution in [0, 0.1) is 5.92 Å². The van der Waals surface area contributed by atoms with E-state index in [4.69, 9.17) is 0 Å². The van der Waals surface area contributed by atoms with E-state index in [1.54, 1.807) is 17.9 Å². The van der Waals surface area contributed by atoms with Crippen molar-refractivity contribution in [2.75, 3.05) is 27.2 Å². The van der Waals surface area contributed by atoms with E-state index in [0.717, 1.165) is 13.0 Å². The van der Waals surface area contributed by atoms with Crippen molar-refractivity contribution in [3.8, 4) is 0 Å². The van der Waals surface area contributed by atoms with E-state index in [1.807, 2.05) is 20.9 Å². The molecule has 0 fully saturated rings. The molecule has 1 heterocycles. The topological polar surface area (TPSA) is 67.2 Å². The fourth-order valence-electron chi connectivity index (χ4n) is 1.81. The normalized spacial score (nSPS) is 12.5. The lowest BCUT2D eigenvalue weighted by molar-refractivity contribution is 0.417. The van der Waals surface area contributed by atoms with Gasteiger partial charge in [0.1, 0.15) is 4.90 Å². The maximum atomic E-state index is 12.3. The predicted octanol–water partition coefficient (Wildman–Crippen LogP) is 0.769. The number of nitrogens with one attached hydrogen (secondary N) is 1. The van der Waals surface area contributed by atoms with Gasteiger partial charge in [0.05, 0.1) is 6.20 Å². The number of aromatic nitrogens is 2. The Hall–Kier alpha value is -0.920. The summed E-state index contributed by atoms with van der Waals surface area (Å²) in [5.74, 6) is 0.297. The van der Waals surface area contributed by atoms with Crippen LogP contribution in [0.4, 0.5) is 0 Å². The predicted molar refractivity (Wildman–Crippen MR) is 75.4 cm³/mol. The van der Waals surface area contributed by atoms with E-state index < -0.39 is 10.0 Å². The zero-order valence-electron chi connectivity index (χ0n) is 12.1. The lowest BCUT2D eigenvalue weighted by atomic mass is 10.2. The molecular weight excluding hydrogens is 264 g/mol. The van der Waals surface area contributed by atoms with Gasteiger partial charge in [-0.1, -0.05) is 13.8 Å². The van der Waals surface area contributed by atoms with Crippen LogP contribution in [-0.4, -0.2) is 49.7 Å². The molecule has 0 aromatic carbocycles. The molecule has 0 unspecified atom stereocenters. The first-order valence-electron chi connectivity index (χ1n) is 6.51. The molecule has 0 aliphatic carbocycles. The lowest BCUT2D eigenvalue weighted by Gasteiger charge is -2.17. The lowest BCUT2D eigenvalue weighted by Crippen LogP contribution is -2.30. The van der Waals surface area contributed by atoms with Crippen LogP contribution in [0.2, 0.25) is 0 Å². The molecule has 0 spiro atoms. The van der Waals surface area contributed by atoms with Crippen LogP contribution in [0.15, 0.2) is 17.3 Å². The molecule has 6 nitrogen and oxygen atoms in total. The molecule has 1 rings (SSSR count). The molecule has 0 bridgehead atoms. The molecule has 1 aromatic heterocycles. The second-order valence-corrected chi connectivity index (χ2v) is 7.12. The first-order chi connectivity index (χ1) is 8.87. The standard InChI is InChI=1S/C12H24N4O2S/c1-11(2)9-15(4)19(17,18)12-8-14-16(10-12)7-5-6-13-3/h8,10-11,13H,5-7,9H2,1-4H3. The van der Waals surface area contributed by atoms with Gasteiger partial charge in [0, 0.05) is 26.3 Å². The van der Waals surface area contributed by atoms with Gasteiger partial charge in [-0.15, -0.1) is 0 Å². The highest BCUT2D eigenvalue weighted by Crippen LogP contribution is 2.14. The van der Waals surface area contributed by atoms with E-state index in [9.17, 15) is 8.42 Å². The van der Waals surface area contributed by atoms with Gasteiger partial charge in [-0.25, -0.2) is 12.7 Å². The Kier molecular flexibility index (Phi) is 5.96. The van der Waals surface area contributed by atoms with Gasteiger partial charge in [0.25, 0.3) is 0 Å². The summed E-state index contributed by atoms with van der Waals surface area (Å²) in [7, 11) is 0.0841. The minimum atomic E-state index is -3.41. The number of aryl methyl sites for hydroxylation is 1. The Bertz CT molecular complexity index is 482. The number of hydrogen-bond donors (Lipinski definition) is 1. The van der Waals surface area contributed by atoms with Gasteiger partial charge >= 0.3 is 0 Å². The maximum Gasteiger partial charge on any atom is 0.245 e. The van der Waals surface area contributed by atoms with Gasteiger partial charge in [-0.05, 0) is 25.9 Å². The molecule has 1 aromatic rings. The molecule has 19 heavy (non-hydrogen) atoms. The summed E-state index contributed by atoms with van der Waals surface area (Å²) >= 11 is 0. The highest BCUT2D eigenvalue weighted by atomic mass is 32.2. The molecule has 0 amide bonds. The number of hydrogen-bond acceptors (Lipinski definition) is 4. The number of nitrogens with zero attached hydrogens (tertiary/aromatic N) is 3. The first-order valence-corrected chi connectivity index (χ1v) is 7.95. The summed E-state index contributed by atoms with van der Waals surface area (Å²) in [5.41, 5.74) is 0. The minimum Gasteiger partial charge on any atom is -0.320 e. The Morgan fingerprint density at radius 3 is 2.74 bits per heavy atom. The van der Waals surface area contributed by atoms with E-state index >= 15 is 0 Å². The molecule has 0 aliphatic rings. The van der Waals surface area contributed by atoms with Gasteiger partial charge in [0.15, 0.2) is 0 Å². The molecule has 0 radical (unpaired) electrons. The second-order valence-electron chi connectivity index (χ2n) is 5.08. The molecule has 0 aliphatic heterocycles. The van der Waals surface area contributed by atoms with Crippen molar-refractivity contribution in [3.05, 3.63) is 12.4 Å². The Labute approximate surface area is 115 Å². The molecular formula is C12H24N4O2S. The third-order valence-corrected chi connectivity index (χ3v) is 4.53. The molecule has 0 saturated heterocycles. The fraction of sp³-hybridized carbons (Fsp3) is 0.750. The van der Waals surface area contributed by atoms with Crippen LogP contribution in [0.25, 0.3) is 0 Å². The molecule has 0 saturated carbocycles. The second kappa shape index (κ2) is 7.02. The first kappa shape index (κ1) is 16.1. The number of sulfonamides is 1. The van der Waals surface area contributed by atoms with Crippen molar-refractivity contribution in [2.24, 2.45) is 5.92 Å². The van der Waals surface area contributed by atoms with Crippen LogP contribution in [0.5, 0.6) is 0 Å². The van der Waals surface area contributed by atoms with Crippen molar-refractivity contribution < 1.29 is 8.42 Å². The summed E-state index contributed by atoms with van der Waals surface area (Å²) in [4.78, 5) is 0.264. The zero-order chi connectivity index (χ0) is 14.5. The third kappa shape index (κ3) is 4.59. The quantitative estimate of drug-likeness (QED) is 0.718. The van der Waals surface area contributed by atoms with Crippen molar-refractivity contribution in [1.82, 2.24) is 19.4 Å². The SMILES string of the molecule is CNCCCn1cc(S(=O)(=O)N(C)CC(C)C)cn1. The average Bonchev–Trinajstić information content (AvgIpc) is 2.78. The van der Waals surface area contributed by atoms with Gasteiger partial charge in [-0.2, -0.15) is 5.10 Å². The zero-order valence-corrected chi connectivity index (χ0v) is 12.9. The van der Waals surface area contributed by atoms with Gasteiger partial charge in [0.2, 0.25) is 10.0 Å². The van der Waals surface area contributed by atoms with E-state index in [0.29, 0.717) is 19.0 Å². The Morgan fingerprint density at radius 1 is 1.47 bits per heavy atom. The highest BCUT2D eigenvalue weighted by Gasteiger charge is 2.22. The van der Waals surface area contributed by atoms with Crippen LogP contribution in [0.3, 0.4) is 0 Å². The molecule has 1 N–H and O–H groups in total. The highest BCUT2D eigenvalue weighted by molar-refractivity contribution is 7.89. The van der Waals surface area contributed by atoms with Crippen LogP contribution >= 0.6 is 0 Å². The summed E-state index contributed by atoms with van der Waals surface area (Å²) in [5, 5.41) is 7.15. The fourth-order valence-corrected chi connectivity index (χ4v) is 3.10. The van der Waals surface area contributed by atoms with Crippen molar-refractivity contribution >= 4 is 10.0 Å². The monoisotopic (exact) mass is 288 g/mol. The summed E-state index contributed by atoms with van der Waals surface area (Å²) in [6.07, 6.45) is 3.94. The summed E-state index contributed by atoms with van der Waals surface area (Å²) in [6, 6.07) is 0.